The standard InChI is InChI=1S/C10H12N4S/c1-12-10(9-5-14-6-15-9)7-4-13-3-2-8(7)11/h2-6,10,12H,1H3,(H2,11,13). The van der Waals surface area contributed by atoms with Crippen LogP contribution in [0.3, 0.4) is 0 Å². The van der Waals surface area contributed by atoms with E-state index < -0.39 is 0 Å². The molecule has 0 bridgehead atoms. The molecular weight excluding hydrogens is 208 g/mol. The Morgan fingerprint density at radius 3 is 2.87 bits per heavy atom. The quantitative estimate of drug-likeness (QED) is 0.821. The summed E-state index contributed by atoms with van der Waals surface area (Å²) in [4.78, 5) is 9.29. The van der Waals surface area contributed by atoms with E-state index in [4.69, 9.17) is 5.73 Å². The van der Waals surface area contributed by atoms with Gasteiger partial charge in [-0.3, -0.25) is 9.97 Å². The molecule has 1 unspecified atom stereocenters. The Bertz CT molecular complexity index is 427. The number of hydrogen-bond donors (Lipinski definition) is 2. The molecule has 5 heteroatoms. The van der Waals surface area contributed by atoms with Crippen molar-refractivity contribution in [3.8, 4) is 0 Å². The smallest absolute Gasteiger partial charge is 0.0794 e. The molecule has 2 aromatic rings. The maximum Gasteiger partial charge on any atom is 0.0794 e. The second-order valence-corrected chi connectivity index (χ2v) is 4.05. The lowest BCUT2D eigenvalue weighted by atomic mass is 10.1. The number of thiazole rings is 1. The first-order valence-corrected chi connectivity index (χ1v) is 5.46. The van der Waals surface area contributed by atoms with Gasteiger partial charge in [-0.15, -0.1) is 11.3 Å². The summed E-state index contributed by atoms with van der Waals surface area (Å²) in [6.07, 6.45) is 5.33. The molecule has 3 N–H and O–H groups in total. The van der Waals surface area contributed by atoms with Gasteiger partial charge in [0.25, 0.3) is 0 Å². The Labute approximate surface area is 92.2 Å². The number of anilines is 1. The van der Waals surface area contributed by atoms with Crippen molar-refractivity contribution in [2.75, 3.05) is 12.8 Å². The van der Waals surface area contributed by atoms with Crippen molar-refractivity contribution in [1.82, 2.24) is 15.3 Å². The number of hydrogen-bond acceptors (Lipinski definition) is 5. The van der Waals surface area contributed by atoms with Crippen LogP contribution >= 0.6 is 11.3 Å². The summed E-state index contributed by atoms with van der Waals surface area (Å²) >= 11 is 1.60. The number of nitrogens with zero attached hydrogens (tertiary/aromatic N) is 2. The third kappa shape index (κ3) is 1.98. The number of rotatable bonds is 3. The molecule has 0 aromatic carbocycles. The van der Waals surface area contributed by atoms with Crippen molar-refractivity contribution in [3.05, 3.63) is 40.6 Å². The molecule has 0 radical (unpaired) electrons. The van der Waals surface area contributed by atoms with Crippen molar-refractivity contribution in [2.45, 2.75) is 6.04 Å². The van der Waals surface area contributed by atoms with E-state index in [1.54, 1.807) is 29.8 Å². The third-order valence-electron chi connectivity index (χ3n) is 2.22. The zero-order valence-corrected chi connectivity index (χ0v) is 9.16. The highest BCUT2D eigenvalue weighted by Crippen LogP contribution is 2.27. The molecule has 4 nitrogen and oxygen atoms in total. The van der Waals surface area contributed by atoms with E-state index in [2.05, 4.69) is 15.3 Å². The minimum atomic E-state index is 0.0752. The third-order valence-corrected chi connectivity index (χ3v) is 3.06. The zero-order valence-electron chi connectivity index (χ0n) is 8.34. The summed E-state index contributed by atoms with van der Waals surface area (Å²) in [5.74, 6) is 0. The number of nitrogens with one attached hydrogen (secondary N) is 1. The van der Waals surface area contributed by atoms with Gasteiger partial charge < -0.3 is 11.1 Å². The number of pyridine rings is 1. The molecule has 0 aliphatic carbocycles. The minimum Gasteiger partial charge on any atom is -0.398 e. The van der Waals surface area contributed by atoms with Crippen LogP contribution in [0.1, 0.15) is 16.5 Å². The normalized spacial score (nSPS) is 12.6. The molecule has 0 aliphatic rings. The molecule has 0 aliphatic heterocycles. The lowest BCUT2D eigenvalue weighted by molar-refractivity contribution is 0.701. The summed E-state index contributed by atoms with van der Waals surface area (Å²) < 4.78 is 0. The van der Waals surface area contributed by atoms with Gasteiger partial charge in [0.1, 0.15) is 0 Å². The number of nitrogen functional groups attached to an aromatic ring is 1. The van der Waals surface area contributed by atoms with E-state index in [9.17, 15) is 0 Å². The first-order chi connectivity index (χ1) is 7.33. The zero-order chi connectivity index (χ0) is 10.7. The van der Waals surface area contributed by atoms with Crippen LogP contribution in [0.25, 0.3) is 0 Å². The lowest BCUT2D eigenvalue weighted by Gasteiger charge is -2.15. The van der Waals surface area contributed by atoms with Crippen LogP contribution in [0.2, 0.25) is 0 Å². The van der Waals surface area contributed by atoms with E-state index in [1.807, 2.05) is 18.8 Å². The first-order valence-electron chi connectivity index (χ1n) is 4.58. The van der Waals surface area contributed by atoms with Gasteiger partial charge in [-0.1, -0.05) is 0 Å². The highest BCUT2D eigenvalue weighted by molar-refractivity contribution is 7.09. The van der Waals surface area contributed by atoms with Crippen LogP contribution in [0.5, 0.6) is 0 Å². The Morgan fingerprint density at radius 2 is 2.27 bits per heavy atom. The summed E-state index contributed by atoms with van der Waals surface area (Å²) in [6, 6.07) is 1.88. The molecule has 2 rings (SSSR count). The van der Waals surface area contributed by atoms with Crippen LogP contribution < -0.4 is 11.1 Å². The maximum atomic E-state index is 5.91. The van der Waals surface area contributed by atoms with Crippen LogP contribution in [-0.2, 0) is 0 Å². The van der Waals surface area contributed by atoms with Crippen molar-refractivity contribution in [2.24, 2.45) is 0 Å². The van der Waals surface area contributed by atoms with Crippen LogP contribution in [0.4, 0.5) is 5.69 Å². The predicted octanol–water partition coefficient (Wildman–Crippen LogP) is 1.43. The summed E-state index contributed by atoms with van der Waals surface area (Å²) in [6.45, 7) is 0. The summed E-state index contributed by atoms with van der Waals surface area (Å²) in [7, 11) is 1.90. The second kappa shape index (κ2) is 4.37. The Kier molecular flexibility index (Phi) is 2.94. The lowest BCUT2D eigenvalue weighted by Crippen LogP contribution is -2.18. The van der Waals surface area contributed by atoms with E-state index >= 15 is 0 Å². The molecule has 0 amide bonds. The van der Waals surface area contributed by atoms with Gasteiger partial charge in [-0.25, -0.2) is 0 Å². The summed E-state index contributed by atoms with van der Waals surface area (Å²) in [5, 5.41) is 3.21. The molecule has 0 spiro atoms. The van der Waals surface area contributed by atoms with Crippen molar-refractivity contribution in [3.63, 3.8) is 0 Å². The van der Waals surface area contributed by atoms with Gasteiger partial charge in [0, 0.05) is 34.7 Å². The van der Waals surface area contributed by atoms with Crippen LogP contribution in [0, 0.1) is 0 Å². The Morgan fingerprint density at radius 1 is 1.40 bits per heavy atom. The van der Waals surface area contributed by atoms with Gasteiger partial charge in [-0.05, 0) is 13.1 Å². The average Bonchev–Trinajstić information content (AvgIpc) is 2.75. The monoisotopic (exact) mass is 220 g/mol. The van der Waals surface area contributed by atoms with Gasteiger partial charge >= 0.3 is 0 Å². The second-order valence-electron chi connectivity index (χ2n) is 3.13. The van der Waals surface area contributed by atoms with Crippen LogP contribution in [0.15, 0.2) is 30.2 Å². The molecule has 1 atom stereocenters. The molecule has 0 fully saturated rings. The molecular formula is C10H12N4S. The van der Waals surface area contributed by atoms with Gasteiger partial charge in [0.2, 0.25) is 0 Å². The van der Waals surface area contributed by atoms with Crippen molar-refractivity contribution >= 4 is 17.0 Å². The van der Waals surface area contributed by atoms with E-state index in [1.165, 1.54) is 0 Å². The largest absolute Gasteiger partial charge is 0.398 e. The topological polar surface area (TPSA) is 63.8 Å². The highest BCUT2D eigenvalue weighted by Gasteiger charge is 2.15. The number of nitrogens with two attached hydrogens (primary N) is 1. The molecule has 15 heavy (non-hydrogen) atoms. The maximum absolute atomic E-state index is 5.91. The van der Waals surface area contributed by atoms with E-state index in [0.717, 1.165) is 16.1 Å². The SMILES string of the molecule is CNC(c1cncs1)c1cnccc1N. The molecule has 2 aromatic heterocycles. The number of aromatic nitrogens is 2. The Hall–Kier alpha value is -1.46. The fourth-order valence-electron chi connectivity index (χ4n) is 1.48. The average molecular weight is 220 g/mol. The van der Waals surface area contributed by atoms with Gasteiger partial charge in [0.15, 0.2) is 0 Å². The highest BCUT2D eigenvalue weighted by atomic mass is 32.1. The first kappa shape index (κ1) is 10.1. The Balaban J connectivity index is 2.40. The molecule has 0 saturated carbocycles. The van der Waals surface area contributed by atoms with Crippen LogP contribution in [-0.4, -0.2) is 17.0 Å². The van der Waals surface area contributed by atoms with Crippen molar-refractivity contribution in [1.29, 1.82) is 0 Å². The van der Waals surface area contributed by atoms with E-state index in [-0.39, 0.29) is 6.04 Å². The van der Waals surface area contributed by atoms with E-state index in [0.29, 0.717) is 0 Å². The van der Waals surface area contributed by atoms with Gasteiger partial charge in [0.05, 0.1) is 11.6 Å². The summed E-state index contributed by atoms with van der Waals surface area (Å²) in [5.41, 5.74) is 9.46. The molecule has 2 heterocycles. The van der Waals surface area contributed by atoms with Crippen molar-refractivity contribution < 1.29 is 0 Å². The fraction of sp³-hybridized carbons (Fsp3) is 0.200. The minimum absolute atomic E-state index is 0.0752. The molecule has 0 saturated heterocycles. The van der Waals surface area contributed by atoms with Gasteiger partial charge in [-0.2, -0.15) is 0 Å². The fourth-order valence-corrected chi connectivity index (χ4v) is 2.22. The predicted molar refractivity (Wildman–Crippen MR) is 61.7 cm³/mol. The molecule has 78 valence electrons.